The fraction of sp³-hybridized carbons (Fsp3) is 0.136. The summed E-state index contributed by atoms with van der Waals surface area (Å²) in [5.74, 6) is 0.174. The van der Waals surface area contributed by atoms with Gasteiger partial charge in [0.2, 0.25) is 0 Å². The van der Waals surface area contributed by atoms with E-state index in [-0.39, 0.29) is 11.7 Å². The van der Waals surface area contributed by atoms with E-state index in [4.69, 9.17) is 9.47 Å². The maximum atomic E-state index is 13.7. The number of carbonyl (C=O) groups is 1. The molecular formula is C22H19BrFNO3. The molecule has 0 saturated heterocycles. The number of nitrogens with one attached hydrogen (secondary N) is 1. The molecule has 0 aliphatic heterocycles. The second-order valence-electron chi connectivity index (χ2n) is 6.18. The molecule has 0 aliphatic rings. The monoisotopic (exact) mass is 443 g/mol. The molecule has 0 saturated carbocycles. The Labute approximate surface area is 171 Å². The Morgan fingerprint density at radius 1 is 1.11 bits per heavy atom. The summed E-state index contributed by atoms with van der Waals surface area (Å²) in [5.41, 5.74) is 2.27. The second kappa shape index (κ2) is 8.89. The van der Waals surface area contributed by atoms with Crippen molar-refractivity contribution < 1.29 is 18.7 Å². The fourth-order valence-electron chi connectivity index (χ4n) is 2.59. The molecule has 0 fully saturated rings. The third kappa shape index (κ3) is 4.70. The lowest BCUT2D eigenvalue weighted by molar-refractivity contribution is 0.102. The maximum absolute atomic E-state index is 13.7. The highest BCUT2D eigenvalue weighted by Crippen LogP contribution is 2.37. The summed E-state index contributed by atoms with van der Waals surface area (Å²) in [6.45, 7) is 2.03. The van der Waals surface area contributed by atoms with E-state index in [9.17, 15) is 9.18 Å². The number of aryl methyl sites for hydroxylation is 1. The molecule has 0 atom stereocenters. The quantitative estimate of drug-likeness (QED) is 0.528. The van der Waals surface area contributed by atoms with E-state index < -0.39 is 0 Å². The molecule has 0 aliphatic carbocycles. The van der Waals surface area contributed by atoms with E-state index in [1.165, 1.54) is 13.2 Å². The van der Waals surface area contributed by atoms with Crippen LogP contribution in [-0.2, 0) is 6.61 Å². The van der Waals surface area contributed by atoms with E-state index in [1.807, 2.05) is 30.3 Å². The Bertz CT molecular complexity index is 993. The average molecular weight is 444 g/mol. The van der Waals surface area contributed by atoms with Gasteiger partial charge in [0.05, 0.1) is 11.6 Å². The Kier molecular flexibility index (Phi) is 6.31. The van der Waals surface area contributed by atoms with Gasteiger partial charge < -0.3 is 14.8 Å². The molecule has 0 radical (unpaired) electrons. The first-order valence-corrected chi connectivity index (χ1v) is 9.39. The van der Waals surface area contributed by atoms with Crippen LogP contribution in [0, 0.1) is 12.7 Å². The molecule has 3 aromatic rings. The third-order valence-corrected chi connectivity index (χ3v) is 4.74. The van der Waals surface area contributed by atoms with Gasteiger partial charge >= 0.3 is 0 Å². The van der Waals surface area contributed by atoms with E-state index >= 15 is 0 Å². The van der Waals surface area contributed by atoms with Gasteiger partial charge in [0.1, 0.15) is 12.4 Å². The molecule has 3 rings (SSSR count). The molecule has 0 heterocycles. The van der Waals surface area contributed by atoms with Crippen LogP contribution in [0.1, 0.15) is 21.5 Å². The van der Waals surface area contributed by atoms with Gasteiger partial charge in [0.25, 0.3) is 5.91 Å². The lowest BCUT2D eigenvalue weighted by Crippen LogP contribution is -2.13. The summed E-state index contributed by atoms with van der Waals surface area (Å²) in [6.07, 6.45) is 0. The van der Waals surface area contributed by atoms with Crippen molar-refractivity contribution in [2.24, 2.45) is 0 Å². The van der Waals surface area contributed by atoms with Crippen molar-refractivity contribution in [2.75, 3.05) is 12.4 Å². The molecule has 0 unspecified atom stereocenters. The Hall–Kier alpha value is -2.86. The van der Waals surface area contributed by atoms with Gasteiger partial charge in [-0.15, -0.1) is 0 Å². The van der Waals surface area contributed by atoms with Crippen LogP contribution in [-0.4, -0.2) is 13.0 Å². The van der Waals surface area contributed by atoms with E-state index in [1.54, 1.807) is 31.2 Å². The van der Waals surface area contributed by atoms with Crippen LogP contribution in [0.2, 0.25) is 0 Å². The summed E-state index contributed by atoms with van der Waals surface area (Å²) in [7, 11) is 1.51. The number of benzene rings is 3. The fourth-order valence-corrected chi connectivity index (χ4v) is 3.15. The number of carbonyl (C=O) groups excluding carboxylic acids is 1. The minimum absolute atomic E-state index is 0.358. The van der Waals surface area contributed by atoms with Crippen molar-refractivity contribution in [3.63, 3.8) is 0 Å². The van der Waals surface area contributed by atoms with Gasteiger partial charge in [-0.05, 0) is 58.2 Å². The number of ether oxygens (including phenoxy) is 2. The average Bonchev–Trinajstić information content (AvgIpc) is 2.70. The van der Waals surface area contributed by atoms with Crippen LogP contribution in [0.5, 0.6) is 11.5 Å². The smallest absolute Gasteiger partial charge is 0.255 e. The van der Waals surface area contributed by atoms with Crippen LogP contribution in [0.4, 0.5) is 10.1 Å². The van der Waals surface area contributed by atoms with Gasteiger partial charge in [-0.25, -0.2) is 4.39 Å². The lowest BCUT2D eigenvalue weighted by atomic mass is 10.1. The van der Waals surface area contributed by atoms with Crippen LogP contribution in [0.3, 0.4) is 0 Å². The molecule has 6 heteroatoms. The van der Waals surface area contributed by atoms with Crippen molar-refractivity contribution in [1.82, 2.24) is 0 Å². The van der Waals surface area contributed by atoms with Gasteiger partial charge in [-0.2, -0.15) is 0 Å². The summed E-state index contributed by atoms with van der Waals surface area (Å²) >= 11 is 3.44. The number of rotatable bonds is 6. The van der Waals surface area contributed by atoms with E-state index in [2.05, 4.69) is 21.2 Å². The molecule has 3 aromatic carbocycles. The van der Waals surface area contributed by atoms with Crippen molar-refractivity contribution in [1.29, 1.82) is 0 Å². The molecule has 0 spiro atoms. The number of hydrogen-bond donors (Lipinski definition) is 1. The van der Waals surface area contributed by atoms with Crippen molar-refractivity contribution in [3.8, 4) is 11.5 Å². The zero-order valence-electron chi connectivity index (χ0n) is 15.5. The molecule has 4 nitrogen and oxygen atoms in total. The highest BCUT2D eigenvalue weighted by Gasteiger charge is 2.16. The van der Waals surface area contributed by atoms with Crippen molar-refractivity contribution in [3.05, 3.63) is 87.6 Å². The third-order valence-electron chi connectivity index (χ3n) is 4.15. The standard InChI is InChI=1S/C22H19BrFNO3/c1-14-8-9-17(12-19(14)24)25-22(26)16-10-18(23)21(20(11-16)27-2)28-13-15-6-4-3-5-7-15/h3-12H,13H2,1-2H3,(H,25,26). The van der Waals surface area contributed by atoms with Crippen molar-refractivity contribution >= 4 is 27.5 Å². The molecule has 1 amide bonds. The van der Waals surface area contributed by atoms with Crippen LogP contribution >= 0.6 is 15.9 Å². The minimum Gasteiger partial charge on any atom is -0.493 e. The largest absolute Gasteiger partial charge is 0.493 e. The predicted molar refractivity (Wildman–Crippen MR) is 111 cm³/mol. The topological polar surface area (TPSA) is 47.6 Å². The van der Waals surface area contributed by atoms with E-state index in [0.717, 1.165) is 5.56 Å². The molecular weight excluding hydrogens is 425 g/mol. The van der Waals surface area contributed by atoms with E-state index in [0.29, 0.717) is 39.4 Å². The predicted octanol–water partition coefficient (Wildman–Crippen LogP) is 5.74. The molecule has 28 heavy (non-hydrogen) atoms. The Balaban J connectivity index is 1.79. The summed E-state index contributed by atoms with van der Waals surface area (Å²) in [5, 5.41) is 2.69. The van der Waals surface area contributed by atoms with Crippen LogP contribution in [0.25, 0.3) is 0 Å². The SMILES string of the molecule is COc1cc(C(=O)Nc2ccc(C)c(F)c2)cc(Br)c1OCc1ccccc1. The molecule has 0 aromatic heterocycles. The first kappa shape index (κ1) is 19.9. The highest BCUT2D eigenvalue weighted by atomic mass is 79.9. The van der Waals surface area contributed by atoms with Gasteiger partial charge in [0.15, 0.2) is 11.5 Å². The molecule has 1 N–H and O–H groups in total. The highest BCUT2D eigenvalue weighted by molar-refractivity contribution is 9.10. The van der Waals surface area contributed by atoms with Gasteiger partial charge in [-0.1, -0.05) is 36.4 Å². The number of amides is 1. The second-order valence-corrected chi connectivity index (χ2v) is 7.04. The molecule has 0 bridgehead atoms. The zero-order chi connectivity index (χ0) is 20.1. The van der Waals surface area contributed by atoms with Crippen molar-refractivity contribution in [2.45, 2.75) is 13.5 Å². The maximum Gasteiger partial charge on any atom is 0.255 e. The number of methoxy groups -OCH3 is 1. The first-order valence-electron chi connectivity index (χ1n) is 8.59. The molecule has 144 valence electrons. The minimum atomic E-state index is -0.378. The lowest BCUT2D eigenvalue weighted by Gasteiger charge is -2.15. The number of hydrogen-bond acceptors (Lipinski definition) is 3. The Morgan fingerprint density at radius 2 is 1.86 bits per heavy atom. The summed E-state index contributed by atoms with van der Waals surface area (Å²) in [6, 6.07) is 17.5. The van der Waals surface area contributed by atoms with Gasteiger partial charge in [-0.3, -0.25) is 4.79 Å². The first-order chi connectivity index (χ1) is 13.5. The van der Waals surface area contributed by atoms with Crippen LogP contribution < -0.4 is 14.8 Å². The normalized spacial score (nSPS) is 10.4. The van der Waals surface area contributed by atoms with Crippen LogP contribution in [0.15, 0.2) is 65.1 Å². The number of anilines is 1. The Morgan fingerprint density at radius 3 is 2.54 bits per heavy atom. The summed E-state index contributed by atoms with van der Waals surface area (Å²) < 4.78 is 25.6. The van der Waals surface area contributed by atoms with Gasteiger partial charge in [0, 0.05) is 11.3 Å². The zero-order valence-corrected chi connectivity index (χ0v) is 17.0. The summed E-state index contributed by atoms with van der Waals surface area (Å²) in [4.78, 5) is 12.6. The number of halogens is 2.